The number of ether oxygens (including phenoxy) is 3. The summed E-state index contributed by atoms with van der Waals surface area (Å²) < 4.78 is 17.2. The van der Waals surface area contributed by atoms with E-state index < -0.39 is 29.5 Å². The van der Waals surface area contributed by atoms with Crippen molar-refractivity contribution < 1.29 is 28.6 Å². The Morgan fingerprint density at radius 2 is 1.48 bits per heavy atom. The Labute approximate surface area is 267 Å². The number of amides is 3. The topological polar surface area (TPSA) is 106 Å². The van der Waals surface area contributed by atoms with Crippen molar-refractivity contribution >= 4 is 17.9 Å². The second-order valence-electron chi connectivity index (χ2n) is 13.7. The summed E-state index contributed by atoms with van der Waals surface area (Å²) in [6.45, 7) is 11.4. The van der Waals surface area contributed by atoms with E-state index in [1.54, 1.807) is 18.7 Å². The van der Waals surface area contributed by atoms with Crippen molar-refractivity contribution in [1.82, 2.24) is 15.5 Å². The number of hydrogen-bond donors (Lipinski definition) is 2. The molecule has 2 aliphatic rings. The van der Waals surface area contributed by atoms with Gasteiger partial charge in [0, 0.05) is 31.5 Å². The highest BCUT2D eigenvalue weighted by Gasteiger charge is 2.45. The fourth-order valence-electron chi connectivity index (χ4n) is 5.66. The fourth-order valence-corrected chi connectivity index (χ4v) is 5.66. The molecule has 0 aliphatic carbocycles. The van der Waals surface area contributed by atoms with Crippen LogP contribution in [0.2, 0.25) is 0 Å². The number of nitrogens with one attached hydrogen (secondary N) is 2. The first kappa shape index (κ1) is 38.1. The van der Waals surface area contributed by atoms with E-state index in [0.717, 1.165) is 32.1 Å². The van der Waals surface area contributed by atoms with Gasteiger partial charge in [-0.15, -0.1) is 0 Å². The third kappa shape index (κ3) is 15.2. The quantitative estimate of drug-likeness (QED) is 0.0835. The molecule has 0 aromatic heterocycles. The van der Waals surface area contributed by atoms with Crippen LogP contribution in [-0.2, 0) is 23.8 Å². The van der Waals surface area contributed by atoms with Crippen LogP contribution in [0, 0.1) is 5.41 Å². The summed E-state index contributed by atoms with van der Waals surface area (Å²) >= 11 is 0. The second kappa shape index (κ2) is 20.8. The minimum atomic E-state index is -0.842. The molecule has 9 heteroatoms. The largest absolute Gasteiger partial charge is 0.441 e. The van der Waals surface area contributed by atoms with Gasteiger partial charge in [0.1, 0.15) is 6.10 Å². The normalized spacial score (nSPS) is 21.2. The fraction of sp³-hybridized carbons (Fsp3) is 0.857. The number of nitrogens with zero attached hydrogens (tertiary/aromatic N) is 1. The SMILES string of the molecule is CCCCCCCCC=CCCCCCCCNC(=O)N1CCCCC1OC(=O)CCNC(=O)C1OC(C)(C)OCC1(C)C. The molecule has 254 valence electrons. The van der Waals surface area contributed by atoms with E-state index in [1.165, 1.54) is 64.2 Å². The van der Waals surface area contributed by atoms with Crippen molar-refractivity contribution in [2.45, 2.75) is 162 Å². The summed E-state index contributed by atoms with van der Waals surface area (Å²) in [5, 5.41) is 5.82. The highest BCUT2D eigenvalue weighted by atomic mass is 16.7. The summed E-state index contributed by atoms with van der Waals surface area (Å²) in [4.78, 5) is 39.9. The van der Waals surface area contributed by atoms with Crippen LogP contribution in [0.15, 0.2) is 12.2 Å². The minimum Gasteiger partial charge on any atom is -0.441 e. The van der Waals surface area contributed by atoms with Crippen LogP contribution >= 0.6 is 0 Å². The maximum absolute atomic E-state index is 12.9. The van der Waals surface area contributed by atoms with Crippen LogP contribution in [0.1, 0.15) is 144 Å². The molecule has 2 rings (SSSR count). The lowest BCUT2D eigenvalue weighted by molar-refractivity contribution is -0.304. The first-order valence-corrected chi connectivity index (χ1v) is 17.5. The molecule has 2 atom stereocenters. The Hall–Kier alpha value is -2.13. The zero-order valence-electron chi connectivity index (χ0n) is 28.6. The number of urea groups is 1. The summed E-state index contributed by atoms with van der Waals surface area (Å²) in [6, 6.07) is -0.173. The average molecular weight is 622 g/mol. The highest BCUT2D eigenvalue weighted by Crippen LogP contribution is 2.34. The number of carbonyl (C=O) groups excluding carboxylic acids is 3. The molecule has 0 aromatic carbocycles. The van der Waals surface area contributed by atoms with Crippen LogP contribution in [0.3, 0.4) is 0 Å². The van der Waals surface area contributed by atoms with Gasteiger partial charge in [-0.3, -0.25) is 14.5 Å². The van der Waals surface area contributed by atoms with E-state index in [2.05, 4.69) is 29.7 Å². The maximum atomic E-state index is 12.9. The molecule has 0 saturated carbocycles. The van der Waals surface area contributed by atoms with Gasteiger partial charge in [0.2, 0.25) is 5.91 Å². The molecule has 2 saturated heterocycles. The number of rotatable bonds is 20. The van der Waals surface area contributed by atoms with Gasteiger partial charge in [0.05, 0.1) is 13.0 Å². The monoisotopic (exact) mass is 621 g/mol. The molecule has 44 heavy (non-hydrogen) atoms. The van der Waals surface area contributed by atoms with Gasteiger partial charge in [-0.1, -0.05) is 84.3 Å². The van der Waals surface area contributed by atoms with Crippen molar-refractivity contribution in [3.8, 4) is 0 Å². The van der Waals surface area contributed by atoms with Crippen LogP contribution in [0.5, 0.6) is 0 Å². The Balaban J connectivity index is 1.56. The van der Waals surface area contributed by atoms with Gasteiger partial charge in [-0.05, 0) is 58.8 Å². The Kier molecular flexibility index (Phi) is 18.0. The van der Waals surface area contributed by atoms with Crippen molar-refractivity contribution in [2.24, 2.45) is 5.41 Å². The number of hydrogen-bond acceptors (Lipinski definition) is 6. The molecule has 2 N–H and O–H groups in total. The molecule has 0 aromatic rings. The first-order chi connectivity index (χ1) is 21.1. The number of unbranched alkanes of at least 4 members (excludes halogenated alkanes) is 11. The van der Waals surface area contributed by atoms with Crippen molar-refractivity contribution in [3.05, 3.63) is 12.2 Å². The molecule has 2 unspecified atom stereocenters. The lowest BCUT2D eigenvalue weighted by Gasteiger charge is -2.44. The van der Waals surface area contributed by atoms with E-state index in [4.69, 9.17) is 14.2 Å². The van der Waals surface area contributed by atoms with Crippen LogP contribution < -0.4 is 10.6 Å². The predicted octanol–water partition coefficient (Wildman–Crippen LogP) is 7.38. The lowest BCUT2D eigenvalue weighted by atomic mass is 9.85. The molecule has 0 radical (unpaired) electrons. The van der Waals surface area contributed by atoms with E-state index >= 15 is 0 Å². The zero-order chi connectivity index (χ0) is 32.3. The Bertz CT molecular complexity index is 875. The molecule has 0 spiro atoms. The molecule has 0 bridgehead atoms. The van der Waals surface area contributed by atoms with Crippen LogP contribution in [0.25, 0.3) is 0 Å². The molecular formula is C35H63N3O6. The van der Waals surface area contributed by atoms with E-state index in [9.17, 15) is 14.4 Å². The van der Waals surface area contributed by atoms with E-state index in [1.807, 2.05) is 13.8 Å². The molecular weight excluding hydrogens is 558 g/mol. The average Bonchev–Trinajstić information content (AvgIpc) is 2.98. The summed E-state index contributed by atoms with van der Waals surface area (Å²) in [6.07, 6.45) is 22.0. The number of esters is 1. The van der Waals surface area contributed by atoms with Crippen molar-refractivity contribution in [1.29, 1.82) is 0 Å². The van der Waals surface area contributed by atoms with Crippen molar-refractivity contribution in [2.75, 3.05) is 26.2 Å². The Morgan fingerprint density at radius 3 is 2.16 bits per heavy atom. The highest BCUT2D eigenvalue weighted by molar-refractivity contribution is 5.82. The summed E-state index contributed by atoms with van der Waals surface area (Å²) in [5.41, 5.74) is -0.486. The lowest BCUT2D eigenvalue weighted by Crippen LogP contribution is -2.56. The summed E-state index contributed by atoms with van der Waals surface area (Å²) in [5.74, 6) is -1.54. The van der Waals surface area contributed by atoms with Crippen molar-refractivity contribution in [3.63, 3.8) is 0 Å². The Morgan fingerprint density at radius 1 is 0.841 bits per heavy atom. The molecule has 2 aliphatic heterocycles. The van der Waals surface area contributed by atoms with Gasteiger partial charge in [0.15, 0.2) is 12.0 Å². The van der Waals surface area contributed by atoms with Gasteiger partial charge < -0.3 is 24.8 Å². The third-order valence-electron chi connectivity index (χ3n) is 8.46. The first-order valence-electron chi connectivity index (χ1n) is 17.5. The maximum Gasteiger partial charge on any atom is 0.320 e. The van der Waals surface area contributed by atoms with E-state index in [0.29, 0.717) is 26.1 Å². The minimum absolute atomic E-state index is 0.0274. The molecule has 9 nitrogen and oxygen atoms in total. The molecule has 3 amide bonds. The standard InChI is InChI=1S/C35H63N3O6/c1-6-7-8-9-10-11-12-13-14-15-16-17-18-19-21-25-37-33(41)38-27-22-20-23-29(38)43-30(39)24-26-36-32(40)31-34(2,3)28-42-35(4,5)44-31/h13-14,29,31H,6-12,15-28H2,1-5H3,(H,36,40)(H,37,41). The van der Waals surface area contributed by atoms with Gasteiger partial charge in [-0.2, -0.15) is 0 Å². The molecule has 2 heterocycles. The van der Waals surface area contributed by atoms with Gasteiger partial charge in [0.25, 0.3) is 0 Å². The zero-order valence-corrected chi connectivity index (χ0v) is 28.6. The van der Waals surface area contributed by atoms with Crippen LogP contribution in [-0.4, -0.2) is 67.2 Å². The number of carbonyl (C=O) groups is 3. The van der Waals surface area contributed by atoms with Gasteiger partial charge in [-0.25, -0.2) is 4.79 Å². The predicted molar refractivity (Wildman–Crippen MR) is 175 cm³/mol. The smallest absolute Gasteiger partial charge is 0.320 e. The third-order valence-corrected chi connectivity index (χ3v) is 8.46. The number of piperidine rings is 1. The number of allylic oxidation sites excluding steroid dienone is 2. The summed E-state index contributed by atoms with van der Waals surface area (Å²) in [7, 11) is 0. The molecule has 2 fully saturated rings. The number of likely N-dealkylation sites (tertiary alicyclic amines) is 1. The van der Waals surface area contributed by atoms with Crippen LogP contribution in [0.4, 0.5) is 4.79 Å². The second-order valence-corrected chi connectivity index (χ2v) is 13.7. The van der Waals surface area contributed by atoms with E-state index in [-0.39, 0.29) is 24.9 Å². The van der Waals surface area contributed by atoms with Gasteiger partial charge >= 0.3 is 12.0 Å².